The molecule has 12 aromatic rings. The van der Waals surface area contributed by atoms with Crippen LogP contribution in [0.2, 0.25) is 0 Å². The van der Waals surface area contributed by atoms with Crippen LogP contribution in [0.4, 0.5) is 17.1 Å². The van der Waals surface area contributed by atoms with Crippen molar-refractivity contribution in [3.8, 4) is 22.3 Å². The molecule has 2 aliphatic heterocycles. The molecule has 0 bridgehead atoms. The van der Waals surface area contributed by atoms with Crippen LogP contribution in [0, 0.1) is 0 Å². The second kappa shape index (κ2) is 16.2. The van der Waals surface area contributed by atoms with Gasteiger partial charge in [-0.15, -0.1) is 0 Å². The lowest BCUT2D eigenvalue weighted by atomic mass is 9.83. The molecular formula is C66H43N3O. The highest BCUT2D eigenvalue weighted by atomic mass is 16.3. The quantitative estimate of drug-likeness (QED) is 0.169. The van der Waals surface area contributed by atoms with E-state index in [9.17, 15) is 0 Å². The first-order chi connectivity index (χ1) is 34.7. The number of aromatic nitrogens is 1. The monoisotopic (exact) mass is 893 g/mol. The zero-order chi connectivity index (χ0) is 46.1. The van der Waals surface area contributed by atoms with Crippen molar-refractivity contribution in [1.82, 2.24) is 10.3 Å². The van der Waals surface area contributed by atoms with Crippen molar-refractivity contribution in [3.63, 3.8) is 0 Å². The Hall–Kier alpha value is -9.25. The van der Waals surface area contributed by atoms with Gasteiger partial charge in [0, 0.05) is 39.5 Å². The molecule has 0 saturated heterocycles. The molecule has 0 saturated carbocycles. The Bertz CT molecular complexity index is 4110. The fourth-order valence-corrected chi connectivity index (χ4v) is 11.1. The van der Waals surface area contributed by atoms with Crippen LogP contribution in [0.3, 0.4) is 0 Å². The summed E-state index contributed by atoms with van der Waals surface area (Å²) in [6.07, 6.45) is 11.0. The Kier molecular flexibility index (Phi) is 9.24. The first kappa shape index (κ1) is 39.9. The molecular weight excluding hydrogens is 851 g/mol. The third-order valence-electron chi connectivity index (χ3n) is 14.3. The fraction of sp³-hybridized carbons (Fsp3) is 0.0152. The van der Waals surface area contributed by atoms with E-state index in [4.69, 9.17) is 9.40 Å². The number of pyridine rings is 1. The van der Waals surface area contributed by atoms with Crippen molar-refractivity contribution in [2.45, 2.75) is 6.04 Å². The first-order valence-corrected chi connectivity index (χ1v) is 24.0. The minimum atomic E-state index is -0.150. The van der Waals surface area contributed by atoms with E-state index < -0.39 is 0 Å². The average molecular weight is 894 g/mol. The van der Waals surface area contributed by atoms with Gasteiger partial charge in [0.25, 0.3) is 0 Å². The van der Waals surface area contributed by atoms with Gasteiger partial charge < -0.3 is 14.6 Å². The highest BCUT2D eigenvalue weighted by Gasteiger charge is 2.26. The smallest absolute Gasteiger partial charge is 0.135 e. The molecule has 2 aromatic heterocycles. The third kappa shape index (κ3) is 6.49. The van der Waals surface area contributed by atoms with Crippen molar-refractivity contribution in [2.75, 3.05) is 4.90 Å². The lowest BCUT2D eigenvalue weighted by molar-refractivity contribution is 0.666. The van der Waals surface area contributed by atoms with Gasteiger partial charge in [0.1, 0.15) is 11.2 Å². The van der Waals surface area contributed by atoms with Crippen molar-refractivity contribution in [2.24, 2.45) is 0 Å². The minimum absolute atomic E-state index is 0.150. The number of nitrogens with one attached hydrogen (secondary N) is 1. The van der Waals surface area contributed by atoms with E-state index in [0.29, 0.717) is 0 Å². The summed E-state index contributed by atoms with van der Waals surface area (Å²) in [6.45, 7) is 0. The molecule has 1 unspecified atom stereocenters. The summed E-state index contributed by atoms with van der Waals surface area (Å²) in [5, 5.41) is 13.4. The molecule has 0 fully saturated rings. The predicted molar refractivity (Wildman–Crippen MR) is 293 cm³/mol. The van der Waals surface area contributed by atoms with Crippen molar-refractivity contribution in [3.05, 3.63) is 265 Å². The number of furan rings is 1. The average Bonchev–Trinajstić information content (AvgIpc) is 3.72. The number of benzene rings is 10. The normalized spacial score (nSPS) is 14.3. The number of fused-ring (bicyclic) bond motifs is 8. The fourth-order valence-electron chi connectivity index (χ4n) is 11.1. The van der Waals surface area contributed by atoms with E-state index in [2.05, 4.69) is 235 Å². The van der Waals surface area contributed by atoms with Crippen molar-refractivity contribution < 1.29 is 4.42 Å². The molecule has 0 aliphatic carbocycles. The first-order valence-electron chi connectivity index (χ1n) is 24.0. The number of hydrogen-bond donors (Lipinski definition) is 1. The van der Waals surface area contributed by atoms with Crippen molar-refractivity contribution in [1.29, 1.82) is 0 Å². The number of allylic oxidation sites excluding steroid dienone is 2. The van der Waals surface area contributed by atoms with Gasteiger partial charge >= 0.3 is 0 Å². The van der Waals surface area contributed by atoms with Crippen LogP contribution in [-0.4, -0.2) is 4.98 Å². The molecule has 328 valence electrons. The third-order valence-corrected chi connectivity index (χ3v) is 14.3. The summed E-state index contributed by atoms with van der Waals surface area (Å²) < 4.78 is 6.42. The Morgan fingerprint density at radius 1 is 0.443 bits per heavy atom. The minimum Gasteiger partial charge on any atom is -0.456 e. The van der Waals surface area contributed by atoms with E-state index in [-0.39, 0.29) is 6.04 Å². The molecule has 70 heavy (non-hydrogen) atoms. The van der Waals surface area contributed by atoms with Gasteiger partial charge in [-0.1, -0.05) is 176 Å². The number of rotatable bonds is 6. The molecule has 10 aromatic carbocycles. The Labute approximate surface area is 405 Å². The van der Waals surface area contributed by atoms with E-state index in [1.54, 1.807) is 0 Å². The maximum absolute atomic E-state index is 6.42. The van der Waals surface area contributed by atoms with Crippen LogP contribution >= 0.6 is 0 Å². The van der Waals surface area contributed by atoms with Crippen LogP contribution in [-0.2, 0) is 0 Å². The summed E-state index contributed by atoms with van der Waals surface area (Å²) in [5.41, 5.74) is 17.7. The molecule has 0 spiro atoms. The molecule has 0 radical (unpaired) electrons. The standard InChI is InChI=1S/C66H43N3O/c1-2-17-47(18-3-1)69-61-27-12-4-16-42(61)29-30-45-38-43(32-36-62(45)69)48-34-35-57(50-20-6-5-19-49(48)50)65-53-22-7-9-24-55(53)66(56-25-10-8-23-54(56)65)60-40-46(58-26-14-15-37-67-58)39-59(68-60)44-31-33-52-51-21-11-13-28-63(51)70-64(52)41-44/h1-41,59,68H. The Morgan fingerprint density at radius 2 is 1.06 bits per heavy atom. The predicted octanol–water partition coefficient (Wildman–Crippen LogP) is 17.5. The van der Waals surface area contributed by atoms with Gasteiger partial charge in [-0.05, 0) is 138 Å². The van der Waals surface area contributed by atoms with E-state index >= 15 is 0 Å². The highest BCUT2D eigenvalue weighted by Crippen LogP contribution is 2.48. The molecule has 4 nitrogen and oxygen atoms in total. The molecule has 4 heteroatoms. The van der Waals surface area contributed by atoms with Gasteiger partial charge in [-0.25, -0.2) is 0 Å². The second-order valence-electron chi connectivity index (χ2n) is 18.3. The zero-order valence-corrected chi connectivity index (χ0v) is 38.1. The van der Waals surface area contributed by atoms with Gasteiger partial charge in [0.2, 0.25) is 0 Å². The summed E-state index contributed by atoms with van der Waals surface area (Å²) in [5.74, 6) is 0. The van der Waals surface area contributed by atoms with Crippen LogP contribution < -0.4 is 10.2 Å². The Balaban J connectivity index is 0.922. The van der Waals surface area contributed by atoms with Crippen LogP contribution in [0.5, 0.6) is 0 Å². The number of anilines is 3. The molecule has 1 atom stereocenters. The van der Waals surface area contributed by atoms with Crippen molar-refractivity contribution >= 4 is 94.7 Å². The van der Waals surface area contributed by atoms with Gasteiger partial charge in [0.05, 0.1) is 23.1 Å². The van der Waals surface area contributed by atoms with E-state index in [1.165, 1.54) is 65.7 Å². The number of dihydropyridines is 1. The number of hydrogen-bond acceptors (Lipinski definition) is 4. The molecule has 2 aliphatic rings. The van der Waals surface area contributed by atoms with E-state index in [0.717, 1.165) is 67.1 Å². The van der Waals surface area contributed by atoms with E-state index in [1.807, 2.05) is 24.4 Å². The van der Waals surface area contributed by atoms with Gasteiger partial charge in [-0.3, -0.25) is 4.98 Å². The molecule has 14 rings (SSSR count). The summed E-state index contributed by atoms with van der Waals surface area (Å²) >= 11 is 0. The maximum Gasteiger partial charge on any atom is 0.135 e. The topological polar surface area (TPSA) is 41.3 Å². The van der Waals surface area contributed by atoms with Crippen LogP contribution in [0.1, 0.15) is 34.0 Å². The SMILES string of the molecule is C1=Cc2cc(-c3ccc(-c4c5ccccc5c(C5=CC(c6ccccn6)=CC(c6ccc7c(c6)oc6ccccc67)N5)c5ccccc45)c4ccccc34)ccc2N(c2ccccc2)c2ccccc21. The molecule has 4 heterocycles. The molecule has 0 amide bonds. The van der Waals surface area contributed by atoms with Crippen LogP contribution in [0.15, 0.2) is 241 Å². The largest absolute Gasteiger partial charge is 0.456 e. The summed E-state index contributed by atoms with van der Waals surface area (Å²) in [6, 6.07) is 78.6. The number of para-hydroxylation sites is 3. The zero-order valence-electron chi connectivity index (χ0n) is 38.1. The maximum atomic E-state index is 6.42. The van der Waals surface area contributed by atoms with Crippen LogP contribution in [0.25, 0.3) is 99.9 Å². The summed E-state index contributed by atoms with van der Waals surface area (Å²) in [4.78, 5) is 7.24. The molecule has 1 N–H and O–H groups in total. The highest BCUT2D eigenvalue weighted by molar-refractivity contribution is 6.22. The lowest BCUT2D eigenvalue weighted by Gasteiger charge is -2.28. The lowest BCUT2D eigenvalue weighted by Crippen LogP contribution is -2.22. The summed E-state index contributed by atoms with van der Waals surface area (Å²) in [7, 11) is 0. The second-order valence-corrected chi connectivity index (χ2v) is 18.3. The van der Waals surface area contributed by atoms with Gasteiger partial charge in [-0.2, -0.15) is 0 Å². The van der Waals surface area contributed by atoms with Gasteiger partial charge in [0.15, 0.2) is 0 Å². The Morgan fingerprint density at radius 3 is 1.83 bits per heavy atom. The number of nitrogens with zero attached hydrogens (tertiary/aromatic N) is 2.